The van der Waals surface area contributed by atoms with Gasteiger partial charge in [0, 0.05) is 18.2 Å². The predicted molar refractivity (Wildman–Crippen MR) is 146 cm³/mol. The minimum atomic E-state index is -0.999. The topological polar surface area (TPSA) is 339 Å². The standard InChI is InChI=1S/3C9H8O3.La.5H2O/c3*10-8-4-1-7(2-5-8)3-6-9(11)12;;;;;;/h3*1-6,10H,(H,11,12);;5*1H2/q;;;+3;;;;;/p-3/b3*6-3+;;;;;;. The third-order valence-electron chi connectivity index (χ3n) is 3.90. The third kappa shape index (κ3) is 25.9. The van der Waals surface area contributed by atoms with Gasteiger partial charge in [0.15, 0.2) is 0 Å². The summed E-state index contributed by atoms with van der Waals surface area (Å²) in [6, 6.07) is 17.8. The molecule has 15 heteroatoms. The van der Waals surface area contributed by atoms with Crippen LogP contribution in [0.3, 0.4) is 0 Å². The molecule has 0 spiro atoms. The van der Waals surface area contributed by atoms with Gasteiger partial charge in [-0.3, -0.25) is 0 Å². The molecule has 0 fully saturated rings. The first-order valence-electron chi connectivity index (χ1n) is 10.1. The van der Waals surface area contributed by atoms with Crippen LogP contribution in [0.2, 0.25) is 0 Å². The first-order chi connectivity index (χ1) is 17.0. The number of rotatable bonds is 6. The average Bonchev–Trinajstić information content (AvgIpc) is 2.84. The van der Waals surface area contributed by atoms with Gasteiger partial charge >= 0.3 is 53.5 Å². The van der Waals surface area contributed by atoms with Crippen molar-refractivity contribution in [3.8, 4) is 17.2 Å². The second-order valence-electron chi connectivity index (χ2n) is 6.72. The zero-order valence-electron chi connectivity index (χ0n) is 21.8. The van der Waals surface area contributed by atoms with Crippen molar-refractivity contribution in [2.75, 3.05) is 0 Å². The van der Waals surface area contributed by atoms with Crippen LogP contribution in [0.1, 0.15) is 16.7 Å². The molecule has 0 heterocycles. The summed E-state index contributed by atoms with van der Waals surface area (Å²) in [7, 11) is 0. The molecular weight excluding hydrogens is 687 g/mol. The molecule has 13 N–H and O–H groups in total. The monoisotopic (exact) mass is 718 g/mol. The van der Waals surface area contributed by atoms with Crippen molar-refractivity contribution in [2.24, 2.45) is 0 Å². The van der Waals surface area contributed by atoms with E-state index in [0.717, 1.165) is 18.2 Å². The minimum Gasteiger partial charge on any atom is -0.872 e. The molecule has 0 aromatic heterocycles. The van der Waals surface area contributed by atoms with E-state index in [0.29, 0.717) is 16.7 Å². The van der Waals surface area contributed by atoms with E-state index in [4.69, 9.17) is 15.3 Å². The number of carboxylic acids is 3. The molecule has 0 atom stereocenters. The molecule has 0 radical (unpaired) electrons. The van der Waals surface area contributed by atoms with Crippen LogP contribution in [-0.4, -0.2) is 60.6 Å². The number of carbonyl (C=O) groups is 3. The van der Waals surface area contributed by atoms with Crippen molar-refractivity contribution in [3.05, 3.63) is 108 Å². The largest absolute Gasteiger partial charge is 3.00 e. The maximum Gasteiger partial charge on any atom is 3.00 e. The van der Waals surface area contributed by atoms with Crippen LogP contribution >= 0.6 is 0 Å². The van der Waals surface area contributed by atoms with Gasteiger partial charge in [-0.1, -0.05) is 72.8 Å². The average molecular weight is 718 g/mol. The molecule has 0 saturated heterocycles. The second-order valence-corrected chi connectivity index (χ2v) is 6.72. The zero-order chi connectivity index (χ0) is 26.9. The number of hydrogen-bond donors (Lipinski definition) is 3. The van der Waals surface area contributed by atoms with E-state index in [1.54, 1.807) is 36.4 Å². The summed E-state index contributed by atoms with van der Waals surface area (Å²) in [5.74, 6) is -3.24. The summed E-state index contributed by atoms with van der Waals surface area (Å²) in [6.07, 6.45) is 7.38. The molecule has 3 aromatic carbocycles. The Morgan fingerprint density at radius 3 is 0.738 bits per heavy atom. The molecule has 42 heavy (non-hydrogen) atoms. The van der Waals surface area contributed by atoms with Crippen LogP contribution in [0.5, 0.6) is 17.2 Å². The van der Waals surface area contributed by atoms with Gasteiger partial charge in [0.05, 0.1) is 0 Å². The van der Waals surface area contributed by atoms with Crippen molar-refractivity contribution in [3.63, 3.8) is 0 Å². The van der Waals surface area contributed by atoms with Crippen LogP contribution < -0.4 is 15.3 Å². The maximum absolute atomic E-state index is 10.6. The SMILES string of the molecule is O.O.O.O.O.O=C(O)/C=C/c1ccc([O-])cc1.O=C(O)/C=C/c1ccc([O-])cc1.O=C(O)/C=C/c1ccc([O-])cc1.[La+3]. The van der Waals surface area contributed by atoms with Gasteiger partial charge < -0.3 is 58.0 Å². The van der Waals surface area contributed by atoms with Crippen LogP contribution in [0.15, 0.2) is 91.0 Å². The van der Waals surface area contributed by atoms with Gasteiger partial charge in [0.1, 0.15) is 0 Å². The molecule has 0 bridgehead atoms. The molecule has 0 amide bonds. The van der Waals surface area contributed by atoms with Crippen molar-refractivity contribution < 1.29 is 108 Å². The van der Waals surface area contributed by atoms with Crippen LogP contribution in [0, 0.1) is 35.6 Å². The second kappa shape index (κ2) is 28.2. The number of carboxylic acid groups (broad SMARTS) is 3. The molecule has 0 aliphatic heterocycles. The van der Waals surface area contributed by atoms with Gasteiger partial charge in [-0.2, -0.15) is 0 Å². The fourth-order valence-electron chi connectivity index (χ4n) is 2.24. The van der Waals surface area contributed by atoms with Crippen LogP contribution in [0.4, 0.5) is 0 Å². The van der Waals surface area contributed by atoms with E-state index in [2.05, 4.69) is 0 Å². The van der Waals surface area contributed by atoms with Gasteiger partial charge in [-0.25, -0.2) is 14.4 Å². The van der Waals surface area contributed by atoms with E-state index in [1.165, 1.54) is 54.6 Å². The van der Waals surface area contributed by atoms with Crippen molar-refractivity contribution >= 4 is 36.1 Å². The Kier molecular flexibility index (Phi) is 33.9. The van der Waals surface area contributed by atoms with Crippen LogP contribution in [-0.2, 0) is 14.4 Å². The first-order valence-corrected chi connectivity index (χ1v) is 10.1. The Labute approximate surface area is 268 Å². The normalized spacial score (nSPS) is 8.86. The number of hydrogen-bond acceptors (Lipinski definition) is 6. The molecular formula is C27H31LaO14. The Balaban J connectivity index is -0.000000108. The summed E-state index contributed by atoms with van der Waals surface area (Å²) in [4.78, 5) is 30.3. The number of aliphatic carboxylic acids is 3. The minimum absolute atomic E-state index is 0. The summed E-state index contributed by atoms with van der Waals surface area (Å²) >= 11 is 0. The fraction of sp³-hybridized carbons (Fsp3) is 0. The molecule has 0 saturated carbocycles. The van der Waals surface area contributed by atoms with Crippen molar-refractivity contribution in [1.29, 1.82) is 0 Å². The van der Waals surface area contributed by atoms with E-state index >= 15 is 0 Å². The Morgan fingerprint density at radius 2 is 0.595 bits per heavy atom. The Morgan fingerprint density at radius 1 is 0.429 bits per heavy atom. The quantitative estimate of drug-likeness (QED) is 0.248. The molecule has 226 valence electrons. The Bertz CT molecular complexity index is 1070. The fourth-order valence-corrected chi connectivity index (χ4v) is 2.24. The molecule has 0 unspecified atom stereocenters. The molecule has 0 aliphatic rings. The summed E-state index contributed by atoms with van der Waals surface area (Å²) in [5.41, 5.74) is 2.12. The van der Waals surface area contributed by atoms with E-state index in [9.17, 15) is 29.7 Å². The third-order valence-corrected chi connectivity index (χ3v) is 3.90. The molecule has 3 aromatic rings. The molecule has 0 aliphatic carbocycles. The number of benzene rings is 3. The summed E-state index contributed by atoms with van der Waals surface area (Å²) < 4.78 is 0. The van der Waals surface area contributed by atoms with E-state index in [-0.39, 0.29) is 80.2 Å². The molecule has 14 nitrogen and oxygen atoms in total. The molecule has 3 rings (SSSR count). The summed E-state index contributed by atoms with van der Waals surface area (Å²) in [6.45, 7) is 0. The van der Waals surface area contributed by atoms with Gasteiger partial charge in [-0.05, 0) is 34.9 Å². The zero-order valence-corrected chi connectivity index (χ0v) is 25.4. The van der Waals surface area contributed by atoms with Crippen molar-refractivity contribution in [1.82, 2.24) is 0 Å². The predicted octanol–water partition coefficient (Wildman–Crippen LogP) is -1.55. The van der Waals surface area contributed by atoms with Gasteiger partial charge in [0.25, 0.3) is 0 Å². The van der Waals surface area contributed by atoms with Crippen LogP contribution in [0.25, 0.3) is 18.2 Å². The Hall–Kier alpha value is -4.32. The maximum atomic E-state index is 10.6. The smallest absolute Gasteiger partial charge is 0.872 e. The first kappa shape index (κ1) is 50.5. The van der Waals surface area contributed by atoms with Gasteiger partial charge in [-0.15, -0.1) is 17.2 Å². The van der Waals surface area contributed by atoms with E-state index < -0.39 is 17.9 Å². The van der Waals surface area contributed by atoms with E-state index in [1.807, 2.05) is 0 Å². The van der Waals surface area contributed by atoms with Crippen molar-refractivity contribution in [2.45, 2.75) is 0 Å². The van der Waals surface area contributed by atoms with Gasteiger partial charge in [0.2, 0.25) is 0 Å². The summed E-state index contributed by atoms with van der Waals surface area (Å²) in [5, 5.41) is 56.7.